The molecule has 2 unspecified atom stereocenters. The van der Waals surface area contributed by atoms with Gasteiger partial charge in [-0.3, -0.25) is 0 Å². The highest BCUT2D eigenvalue weighted by Crippen LogP contribution is 2.25. The molecule has 0 radical (unpaired) electrons. The summed E-state index contributed by atoms with van der Waals surface area (Å²) in [5.41, 5.74) is 6.59. The van der Waals surface area contributed by atoms with Crippen molar-refractivity contribution in [2.75, 3.05) is 18.2 Å². The van der Waals surface area contributed by atoms with Gasteiger partial charge in [0.15, 0.2) is 0 Å². The van der Waals surface area contributed by atoms with Crippen molar-refractivity contribution in [3.05, 3.63) is 11.8 Å². The van der Waals surface area contributed by atoms with Gasteiger partial charge in [0.05, 0.1) is 12.1 Å². The zero-order valence-electron chi connectivity index (χ0n) is 9.73. The lowest BCUT2D eigenvalue weighted by Gasteiger charge is -2.21. The van der Waals surface area contributed by atoms with Gasteiger partial charge in [0.25, 0.3) is 0 Å². The lowest BCUT2D eigenvalue weighted by Crippen LogP contribution is -2.30. The average molecular weight is 222 g/mol. The highest BCUT2D eigenvalue weighted by atomic mass is 16.5. The molecular formula is C11H18N4O. The predicted octanol–water partition coefficient (Wildman–Crippen LogP) is 1.35. The van der Waals surface area contributed by atoms with Crippen molar-refractivity contribution in [1.29, 1.82) is 0 Å². The minimum Gasteiger partial charge on any atom is -0.379 e. The number of nitrogens with two attached hydrogens (primary N) is 1. The fourth-order valence-corrected chi connectivity index (χ4v) is 2.15. The number of hydrogen-bond donors (Lipinski definition) is 2. The summed E-state index contributed by atoms with van der Waals surface area (Å²) in [5.74, 6) is 1.13. The van der Waals surface area contributed by atoms with Gasteiger partial charge in [-0.05, 0) is 26.2 Å². The smallest absolute Gasteiger partial charge is 0.221 e. The third-order valence-electron chi connectivity index (χ3n) is 3.07. The summed E-state index contributed by atoms with van der Waals surface area (Å²) in [6, 6.07) is 0.331. The molecule has 0 bridgehead atoms. The van der Waals surface area contributed by atoms with Crippen LogP contribution in [0, 0.1) is 6.92 Å². The molecule has 0 aliphatic heterocycles. The number of ether oxygens (including phenoxy) is 1. The highest BCUT2D eigenvalue weighted by molar-refractivity contribution is 5.46. The van der Waals surface area contributed by atoms with Crippen molar-refractivity contribution < 1.29 is 4.74 Å². The van der Waals surface area contributed by atoms with Crippen molar-refractivity contribution in [2.45, 2.75) is 38.3 Å². The Morgan fingerprint density at radius 3 is 3.06 bits per heavy atom. The van der Waals surface area contributed by atoms with Crippen molar-refractivity contribution >= 4 is 11.8 Å². The zero-order chi connectivity index (χ0) is 11.5. The standard InChI is InChI=1S/C11H18N4O/c1-7-6-13-11(12)15-10(7)14-8-4-3-5-9(8)16-2/h6,8-9H,3-5H2,1-2H3,(H3,12,13,14,15). The van der Waals surface area contributed by atoms with E-state index in [1.54, 1.807) is 13.3 Å². The molecule has 5 heteroatoms. The molecule has 1 heterocycles. The molecule has 0 amide bonds. The minimum atomic E-state index is 0.274. The van der Waals surface area contributed by atoms with Crippen LogP contribution in [0.1, 0.15) is 24.8 Å². The fraction of sp³-hybridized carbons (Fsp3) is 0.636. The molecule has 2 atom stereocenters. The van der Waals surface area contributed by atoms with Gasteiger partial charge in [-0.2, -0.15) is 4.98 Å². The molecule has 0 aromatic carbocycles. The van der Waals surface area contributed by atoms with Crippen LogP contribution in [0.15, 0.2) is 6.20 Å². The Balaban J connectivity index is 2.11. The maximum atomic E-state index is 5.58. The number of hydrogen-bond acceptors (Lipinski definition) is 5. The normalized spacial score (nSPS) is 24.6. The van der Waals surface area contributed by atoms with E-state index in [-0.39, 0.29) is 6.10 Å². The molecule has 88 valence electrons. The molecule has 2 rings (SSSR count). The summed E-state index contributed by atoms with van der Waals surface area (Å²) in [5, 5.41) is 3.39. The fourth-order valence-electron chi connectivity index (χ4n) is 2.15. The van der Waals surface area contributed by atoms with Crippen LogP contribution in [0.25, 0.3) is 0 Å². The van der Waals surface area contributed by atoms with E-state index in [1.807, 2.05) is 6.92 Å². The van der Waals surface area contributed by atoms with E-state index in [0.717, 1.165) is 24.2 Å². The van der Waals surface area contributed by atoms with Gasteiger partial charge in [0, 0.05) is 18.9 Å². The van der Waals surface area contributed by atoms with Crippen LogP contribution < -0.4 is 11.1 Å². The van der Waals surface area contributed by atoms with Crippen molar-refractivity contribution in [3.8, 4) is 0 Å². The molecule has 0 saturated heterocycles. The number of nitrogens with one attached hydrogen (secondary N) is 1. The van der Waals surface area contributed by atoms with Crippen LogP contribution >= 0.6 is 0 Å². The Kier molecular flexibility index (Phi) is 3.24. The van der Waals surface area contributed by atoms with Crippen molar-refractivity contribution in [3.63, 3.8) is 0 Å². The summed E-state index contributed by atoms with van der Waals surface area (Å²) in [4.78, 5) is 8.15. The quantitative estimate of drug-likeness (QED) is 0.807. The van der Waals surface area contributed by atoms with Crippen molar-refractivity contribution in [1.82, 2.24) is 9.97 Å². The number of rotatable bonds is 3. The molecule has 5 nitrogen and oxygen atoms in total. The maximum Gasteiger partial charge on any atom is 0.221 e. The number of aryl methyl sites for hydroxylation is 1. The van der Waals surface area contributed by atoms with Gasteiger partial charge in [-0.25, -0.2) is 4.98 Å². The topological polar surface area (TPSA) is 73.1 Å². The van der Waals surface area contributed by atoms with E-state index in [9.17, 15) is 0 Å². The molecule has 1 saturated carbocycles. The number of methoxy groups -OCH3 is 1. The first kappa shape index (κ1) is 11.1. The first-order chi connectivity index (χ1) is 7.70. The summed E-state index contributed by atoms with van der Waals surface area (Å²) < 4.78 is 5.43. The lowest BCUT2D eigenvalue weighted by atomic mass is 10.2. The van der Waals surface area contributed by atoms with Crippen LogP contribution in [0.4, 0.5) is 11.8 Å². The molecule has 0 spiro atoms. The third kappa shape index (κ3) is 2.24. The Labute approximate surface area is 95.4 Å². The van der Waals surface area contributed by atoms with Crippen LogP contribution in [0.5, 0.6) is 0 Å². The lowest BCUT2D eigenvalue weighted by molar-refractivity contribution is 0.101. The molecule has 1 aliphatic carbocycles. The van der Waals surface area contributed by atoms with E-state index in [0.29, 0.717) is 12.0 Å². The van der Waals surface area contributed by atoms with Crippen LogP contribution in [0.2, 0.25) is 0 Å². The molecule has 1 fully saturated rings. The average Bonchev–Trinajstić information content (AvgIpc) is 2.71. The van der Waals surface area contributed by atoms with E-state index in [2.05, 4.69) is 15.3 Å². The molecule has 1 aliphatic rings. The highest BCUT2D eigenvalue weighted by Gasteiger charge is 2.27. The van der Waals surface area contributed by atoms with Crippen LogP contribution in [-0.2, 0) is 4.74 Å². The monoisotopic (exact) mass is 222 g/mol. The van der Waals surface area contributed by atoms with E-state index in [4.69, 9.17) is 10.5 Å². The van der Waals surface area contributed by atoms with Gasteiger partial charge in [0.2, 0.25) is 5.95 Å². The van der Waals surface area contributed by atoms with Gasteiger partial charge in [0.1, 0.15) is 5.82 Å². The van der Waals surface area contributed by atoms with Crippen LogP contribution in [0.3, 0.4) is 0 Å². The second-order valence-corrected chi connectivity index (χ2v) is 4.22. The van der Waals surface area contributed by atoms with E-state index < -0.39 is 0 Å². The number of aromatic nitrogens is 2. The molecule has 16 heavy (non-hydrogen) atoms. The summed E-state index contributed by atoms with van der Waals surface area (Å²) in [7, 11) is 1.76. The third-order valence-corrected chi connectivity index (χ3v) is 3.07. The van der Waals surface area contributed by atoms with Gasteiger partial charge < -0.3 is 15.8 Å². The van der Waals surface area contributed by atoms with Gasteiger partial charge in [-0.15, -0.1) is 0 Å². The number of nitrogens with zero attached hydrogens (tertiary/aromatic N) is 2. The Morgan fingerprint density at radius 1 is 1.50 bits per heavy atom. The van der Waals surface area contributed by atoms with E-state index >= 15 is 0 Å². The van der Waals surface area contributed by atoms with E-state index in [1.165, 1.54) is 6.42 Å². The van der Waals surface area contributed by atoms with Gasteiger partial charge in [-0.1, -0.05) is 0 Å². The Morgan fingerprint density at radius 2 is 2.31 bits per heavy atom. The molecule has 3 N–H and O–H groups in total. The van der Waals surface area contributed by atoms with Crippen LogP contribution in [-0.4, -0.2) is 29.2 Å². The zero-order valence-corrected chi connectivity index (χ0v) is 9.73. The van der Waals surface area contributed by atoms with Crippen molar-refractivity contribution in [2.24, 2.45) is 0 Å². The summed E-state index contributed by atoms with van der Waals surface area (Å²) >= 11 is 0. The second-order valence-electron chi connectivity index (χ2n) is 4.22. The first-order valence-corrected chi connectivity index (χ1v) is 5.59. The Hall–Kier alpha value is -1.36. The SMILES string of the molecule is COC1CCCC1Nc1nc(N)ncc1C. The number of nitrogen functional groups attached to an aromatic ring is 1. The number of anilines is 2. The minimum absolute atomic E-state index is 0.274. The molecule has 1 aromatic rings. The second kappa shape index (κ2) is 4.65. The first-order valence-electron chi connectivity index (χ1n) is 5.59. The molecule has 1 aromatic heterocycles. The summed E-state index contributed by atoms with van der Waals surface area (Å²) in [6.45, 7) is 1.97. The van der Waals surface area contributed by atoms with Gasteiger partial charge >= 0.3 is 0 Å². The molecular weight excluding hydrogens is 204 g/mol. The largest absolute Gasteiger partial charge is 0.379 e. The maximum absolute atomic E-state index is 5.58. The Bertz CT molecular complexity index is 369. The summed E-state index contributed by atoms with van der Waals surface area (Å²) in [6.07, 6.45) is 5.42. The predicted molar refractivity (Wildman–Crippen MR) is 63.2 cm³/mol.